The van der Waals surface area contributed by atoms with Crippen molar-refractivity contribution in [2.45, 2.75) is 63.8 Å². The lowest BCUT2D eigenvalue weighted by molar-refractivity contribution is -0.133. The molecule has 0 N–H and O–H groups in total. The first-order chi connectivity index (χ1) is 13.1. The highest BCUT2D eigenvalue weighted by atomic mass is 35.5. The molecule has 3 rings (SSSR count). The first kappa shape index (κ1) is 20.3. The Balaban J connectivity index is 1.41. The van der Waals surface area contributed by atoms with Gasteiger partial charge in [0.25, 0.3) is 0 Å². The highest BCUT2D eigenvalue weighted by molar-refractivity contribution is 6.30. The van der Waals surface area contributed by atoms with E-state index in [1.165, 1.54) is 44.9 Å². The van der Waals surface area contributed by atoms with Crippen LogP contribution in [-0.4, -0.2) is 53.7 Å². The van der Waals surface area contributed by atoms with E-state index in [4.69, 9.17) is 11.6 Å². The zero-order valence-corrected chi connectivity index (χ0v) is 16.9. The van der Waals surface area contributed by atoms with Gasteiger partial charge in [-0.05, 0) is 37.1 Å². The van der Waals surface area contributed by atoms with E-state index in [1.807, 2.05) is 4.90 Å². The molecule has 1 saturated heterocycles. The van der Waals surface area contributed by atoms with E-state index in [0.29, 0.717) is 23.0 Å². The molecule has 0 radical (unpaired) electrons. The van der Waals surface area contributed by atoms with Crippen LogP contribution in [0.15, 0.2) is 24.3 Å². The van der Waals surface area contributed by atoms with Crippen LogP contribution in [0.1, 0.15) is 68.1 Å². The number of nitrogens with zero attached hydrogens (tertiary/aromatic N) is 2. The van der Waals surface area contributed by atoms with Crippen molar-refractivity contribution in [3.8, 4) is 0 Å². The minimum absolute atomic E-state index is 0.00757. The largest absolute Gasteiger partial charge is 0.340 e. The summed E-state index contributed by atoms with van der Waals surface area (Å²) >= 11 is 5.85. The van der Waals surface area contributed by atoms with Crippen molar-refractivity contribution in [3.63, 3.8) is 0 Å². The molecule has 0 spiro atoms. The number of piperazine rings is 1. The van der Waals surface area contributed by atoms with Crippen LogP contribution >= 0.6 is 11.6 Å². The van der Waals surface area contributed by atoms with E-state index < -0.39 is 0 Å². The Bertz CT molecular complexity index is 616. The molecule has 1 aromatic carbocycles. The standard InChI is InChI=1S/C22H31ClN2O2/c23-19-10-8-18(9-11-19)21(26)12-13-22(27)25-16-14-24(15-17-25)20-6-4-2-1-3-5-7-20/h8-11,20H,1-7,12-17H2. The number of hydrogen-bond acceptors (Lipinski definition) is 3. The normalized spacial score (nSPS) is 20.1. The fourth-order valence-corrected chi connectivity index (χ4v) is 4.42. The van der Waals surface area contributed by atoms with E-state index in [0.717, 1.165) is 26.2 Å². The molecule has 27 heavy (non-hydrogen) atoms. The van der Waals surface area contributed by atoms with Gasteiger partial charge in [0, 0.05) is 55.6 Å². The Labute approximate surface area is 167 Å². The summed E-state index contributed by atoms with van der Waals surface area (Å²) in [5.41, 5.74) is 0.626. The topological polar surface area (TPSA) is 40.6 Å². The third-order valence-corrected chi connectivity index (χ3v) is 6.24. The summed E-state index contributed by atoms with van der Waals surface area (Å²) in [6.07, 6.45) is 10.0. The average Bonchev–Trinajstić information content (AvgIpc) is 2.66. The van der Waals surface area contributed by atoms with Gasteiger partial charge in [0.05, 0.1) is 0 Å². The van der Waals surface area contributed by atoms with Crippen molar-refractivity contribution >= 4 is 23.3 Å². The van der Waals surface area contributed by atoms with Crippen LogP contribution in [-0.2, 0) is 4.79 Å². The second-order valence-electron chi connectivity index (χ2n) is 7.85. The predicted molar refractivity (Wildman–Crippen MR) is 109 cm³/mol. The fourth-order valence-electron chi connectivity index (χ4n) is 4.29. The van der Waals surface area contributed by atoms with Crippen LogP contribution in [0.25, 0.3) is 0 Å². The molecule has 1 amide bonds. The third kappa shape index (κ3) is 6.05. The molecule has 2 fully saturated rings. The van der Waals surface area contributed by atoms with Gasteiger partial charge in [0.15, 0.2) is 5.78 Å². The van der Waals surface area contributed by atoms with Crippen molar-refractivity contribution in [1.82, 2.24) is 9.80 Å². The van der Waals surface area contributed by atoms with Crippen molar-refractivity contribution in [2.24, 2.45) is 0 Å². The summed E-state index contributed by atoms with van der Waals surface area (Å²) in [6.45, 7) is 3.54. The number of benzene rings is 1. The third-order valence-electron chi connectivity index (χ3n) is 5.99. The molecule has 1 aliphatic carbocycles. The van der Waals surface area contributed by atoms with Crippen LogP contribution in [0.2, 0.25) is 5.02 Å². The summed E-state index contributed by atoms with van der Waals surface area (Å²) in [7, 11) is 0. The molecule has 0 bridgehead atoms. The van der Waals surface area contributed by atoms with Gasteiger partial charge in [-0.2, -0.15) is 0 Å². The maximum atomic E-state index is 12.5. The number of amides is 1. The van der Waals surface area contributed by atoms with Crippen LogP contribution in [0.3, 0.4) is 0 Å². The maximum Gasteiger partial charge on any atom is 0.223 e. The molecule has 1 aliphatic heterocycles. The van der Waals surface area contributed by atoms with Gasteiger partial charge in [-0.25, -0.2) is 0 Å². The molecule has 0 atom stereocenters. The lowest BCUT2D eigenvalue weighted by Crippen LogP contribution is -2.52. The Morgan fingerprint density at radius 2 is 1.44 bits per heavy atom. The monoisotopic (exact) mass is 390 g/mol. The van der Waals surface area contributed by atoms with Crippen LogP contribution in [0, 0.1) is 0 Å². The van der Waals surface area contributed by atoms with Gasteiger partial charge in [-0.15, -0.1) is 0 Å². The summed E-state index contributed by atoms with van der Waals surface area (Å²) < 4.78 is 0. The summed E-state index contributed by atoms with van der Waals surface area (Å²) in [5, 5.41) is 0.616. The Morgan fingerprint density at radius 1 is 0.852 bits per heavy atom. The highest BCUT2D eigenvalue weighted by Gasteiger charge is 2.26. The average molecular weight is 391 g/mol. The van der Waals surface area contributed by atoms with E-state index in [1.54, 1.807) is 24.3 Å². The minimum Gasteiger partial charge on any atom is -0.340 e. The molecule has 1 saturated carbocycles. The molecule has 148 valence electrons. The Morgan fingerprint density at radius 3 is 2.07 bits per heavy atom. The van der Waals surface area contributed by atoms with E-state index in [-0.39, 0.29) is 18.1 Å². The number of rotatable bonds is 5. The zero-order chi connectivity index (χ0) is 19.1. The first-order valence-corrected chi connectivity index (χ1v) is 10.8. The quantitative estimate of drug-likeness (QED) is 0.692. The van der Waals surface area contributed by atoms with Gasteiger partial charge in [-0.3, -0.25) is 14.5 Å². The van der Waals surface area contributed by atoms with Crippen LogP contribution in [0.5, 0.6) is 0 Å². The highest BCUT2D eigenvalue weighted by Crippen LogP contribution is 2.22. The summed E-state index contributed by atoms with van der Waals surface area (Å²) in [6, 6.07) is 7.58. The van der Waals surface area contributed by atoms with E-state index in [2.05, 4.69) is 4.90 Å². The molecular formula is C22H31ClN2O2. The van der Waals surface area contributed by atoms with Crippen molar-refractivity contribution < 1.29 is 9.59 Å². The molecule has 4 nitrogen and oxygen atoms in total. The number of halogens is 1. The van der Waals surface area contributed by atoms with Crippen molar-refractivity contribution in [3.05, 3.63) is 34.9 Å². The van der Waals surface area contributed by atoms with E-state index >= 15 is 0 Å². The number of ketones is 1. The van der Waals surface area contributed by atoms with Gasteiger partial charge < -0.3 is 4.90 Å². The van der Waals surface area contributed by atoms with E-state index in [9.17, 15) is 9.59 Å². The molecule has 1 heterocycles. The van der Waals surface area contributed by atoms with Gasteiger partial charge in [0.1, 0.15) is 0 Å². The van der Waals surface area contributed by atoms with Crippen molar-refractivity contribution in [1.29, 1.82) is 0 Å². The first-order valence-electron chi connectivity index (χ1n) is 10.4. The summed E-state index contributed by atoms with van der Waals surface area (Å²) in [4.78, 5) is 29.3. The Kier molecular flexibility index (Phi) is 7.71. The Hall–Kier alpha value is -1.39. The lowest BCUT2D eigenvalue weighted by atomic mass is 9.95. The maximum absolute atomic E-state index is 12.5. The zero-order valence-electron chi connectivity index (χ0n) is 16.2. The molecular weight excluding hydrogens is 360 g/mol. The number of hydrogen-bond donors (Lipinski definition) is 0. The summed E-state index contributed by atoms with van der Waals surface area (Å²) in [5.74, 6) is 0.114. The van der Waals surface area contributed by atoms with Gasteiger partial charge in [0.2, 0.25) is 5.91 Å². The van der Waals surface area contributed by atoms with Crippen LogP contribution < -0.4 is 0 Å². The lowest BCUT2D eigenvalue weighted by Gasteiger charge is -2.40. The number of Topliss-reactive ketones (excluding diaryl/α,β-unsaturated/α-hetero) is 1. The van der Waals surface area contributed by atoms with Crippen molar-refractivity contribution in [2.75, 3.05) is 26.2 Å². The fraction of sp³-hybridized carbons (Fsp3) is 0.636. The minimum atomic E-state index is 0.00757. The molecule has 2 aliphatic rings. The molecule has 0 aromatic heterocycles. The SMILES string of the molecule is O=C(CCC(=O)N1CCN(C2CCCCCCC2)CC1)c1ccc(Cl)cc1. The van der Waals surface area contributed by atoms with Crippen LogP contribution in [0.4, 0.5) is 0 Å². The second-order valence-corrected chi connectivity index (χ2v) is 8.28. The smallest absolute Gasteiger partial charge is 0.223 e. The molecule has 5 heteroatoms. The number of carbonyl (C=O) groups excluding carboxylic acids is 2. The molecule has 0 unspecified atom stereocenters. The molecule has 1 aromatic rings. The van der Waals surface area contributed by atoms with Gasteiger partial charge >= 0.3 is 0 Å². The predicted octanol–water partition coefficient (Wildman–Crippen LogP) is 4.56. The number of carbonyl (C=O) groups is 2. The second kappa shape index (κ2) is 10.2. The van der Waals surface area contributed by atoms with Gasteiger partial charge in [-0.1, -0.05) is 43.7 Å².